The van der Waals surface area contributed by atoms with Crippen molar-refractivity contribution in [3.63, 3.8) is 0 Å². The number of hydrogen-bond acceptors (Lipinski definition) is 5. The molecule has 0 spiro atoms. The summed E-state index contributed by atoms with van der Waals surface area (Å²) in [6.45, 7) is 11.2. The van der Waals surface area contributed by atoms with Crippen molar-refractivity contribution < 1.29 is 18.8 Å². The van der Waals surface area contributed by atoms with Crippen molar-refractivity contribution in [3.05, 3.63) is 64.1 Å². The quantitative estimate of drug-likeness (QED) is 0.174. The Bertz CT molecular complexity index is 1230. The second kappa shape index (κ2) is 12.0. The first-order valence-corrected chi connectivity index (χ1v) is 14.1. The number of fused-ring (bicyclic) bond motifs is 1. The second-order valence-corrected chi connectivity index (χ2v) is 12.3. The van der Waals surface area contributed by atoms with E-state index in [-0.39, 0.29) is 6.61 Å². The third kappa shape index (κ3) is 6.50. The van der Waals surface area contributed by atoms with Crippen LogP contribution in [0.4, 0.5) is 0 Å². The molecule has 1 heterocycles. The van der Waals surface area contributed by atoms with Gasteiger partial charge in [-0.15, -0.1) is 4.31 Å². The van der Waals surface area contributed by atoms with Crippen LogP contribution in [-0.2, 0) is 20.0 Å². The number of benzene rings is 2. The van der Waals surface area contributed by atoms with Crippen LogP contribution >= 0.6 is 23.1 Å². The topological polar surface area (TPSA) is 66.8 Å². The van der Waals surface area contributed by atoms with E-state index in [0.717, 1.165) is 38.1 Å². The monoisotopic (exact) mass is 518 g/mol. The number of hydrogen-bond donors (Lipinski definition) is 1. The largest absolute Gasteiger partial charge is 0.482 e. The average molecular weight is 519 g/mol. The molecule has 5 nitrogen and oxygen atoms in total. The standard InChI is InChI=1S/C26H31NO4S3/c1-6-12-27(34(30)26-19(5)22-13-17(3)8-11-24(22)33-26)15-20(7-2)32-21-9-10-23(18(4)14-21)31-16-25(28)29/h7-11,13-14H,6,12,15-16H2,1-5H3,(H,28,29)/p+1. The summed E-state index contributed by atoms with van der Waals surface area (Å²) >= 11 is 3.27. The Labute approximate surface area is 212 Å². The molecular formula is C26H32NO4S3+. The summed E-state index contributed by atoms with van der Waals surface area (Å²) < 4.78 is 23.3. The molecule has 3 rings (SSSR count). The Morgan fingerprint density at radius 3 is 2.62 bits per heavy atom. The number of thiol groups is 1. The zero-order chi connectivity index (χ0) is 24.8. The van der Waals surface area contributed by atoms with Gasteiger partial charge in [0.25, 0.3) is 0 Å². The number of carboxylic acid groups (broad SMARTS) is 1. The number of carbonyl (C=O) groups is 1. The van der Waals surface area contributed by atoms with E-state index in [1.807, 2.05) is 26.0 Å². The maximum atomic E-state index is 13.7. The van der Waals surface area contributed by atoms with Crippen LogP contribution in [0.15, 0.2) is 56.5 Å². The molecular weight excluding hydrogens is 486 g/mol. The molecule has 0 fully saturated rings. The first kappa shape index (κ1) is 26.5. The molecule has 1 N–H and O–H groups in total. The van der Waals surface area contributed by atoms with Gasteiger partial charge in [0.05, 0.1) is 6.54 Å². The summed E-state index contributed by atoms with van der Waals surface area (Å²) in [5, 5.41) is 10.0. The highest BCUT2D eigenvalue weighted by molar-refractivity contribution is 8.03. The molecule has 0 bridgehead atoms. The Morgan fingerprint density at radius 2 is 1.97 bits per heavy atom. The van der Waals surface area contributed by atoms with Gasteiger partial charge in [0, 0.05) is 32.0 Å². The van der Waals surface area contributed by atoms with E-state index in [0.29, 0.717) is 12.3 Å². The fourth-order valence-corrected chi connectivity index (χ4v) is 7.94. The fourth-order valence-electron chi connectivity index (χ4n) is 3.63. The number of thioether (sulfide) groups is 1. The highest BCUT2D eigenvalue weighted by Crippen LogP contribution is 2.36. The lowest BCUT2D eigenvalue weighted by molar-refractivity contribution is -0.139. The summed E-state index contributed by atoms with van der Waals surface area (Å²) in [6.07, 6.45) is 2.99. The molecule has 1 unspecified atom stereocenters. The zero-order valence-corrected chi connectivity index (χ0v) is 22.8. The highest BCUT2D eigenvalue weighted by Gasteiger charge is 2.27. The van der Waals surface area contributed by atoms with Crippen molar-refractivity contribution in [2.24, 2.45) is 0 Å². The van der Waals surface area contributed by atoms with Crippen LogP contribution in [0.3, 0.4) is 0 Å². The first-order valence-electron chi connectivity index (χ1n) is 11.2. The Balaban J connectivity index is 1.77. The number of thiophene rings is 1. The molecule has 0 aliphatic carbocycles. The zero-order valence-electron chi connectivity index (χ0n) is 20.3. The average Bonchev–Trinajstić information content (AvgIpc) is 3.12. The molecule has 0 radical (unpaired) electrons. The van der Waals surface area contributed by atoms with Crippen molar-refractivity contribution in [2.45, 2.75) is 50.1 Å². The normalized spacial score (nSPS) is 12.9. The number of ether oxygens (including phenoxy) is 1. The summed E-state index contributed by atoms with van der Waals surface area (Å²) in [7, 11) is -1.69. The summed E-state index contributed by atoms with van der Waals surface area (Å²) in [5.41, 5.74) is 3.21. The van der Waals surface area contributed by atoms with Gasteiger partial charge in [-0.05, 0) is 63.9 Å². The van der Waals surface area contributed by atoms with Crippen LogP contribution in [0, 0.1) is 20.8 Å². The van der Waals surface area contributed by atoms with E-state index in [1.54, 1.807) is 29.2 Å². The molecule has 0 saturated heterocycles. The molecule has 34 heavy (non-hydrogen) atoms. The minimum absolute atomic E-state index is 0.358. The van der Waals surface area contributed by atoms with E-state index < -0.39 is 17.0 Å². The predicted molar refractivity (Wildman–Crippen MR) is 145 cm³/mol. The maximum absolute atomic E-state index is 13.7. The van der Waals surface area contributed by atoms with Crippen LogP contribution in [0.25, 0.3) is 10.1 Å². The van der Waals surface area contributed by atoms with Crippen molar-refractivity contribution in [1.29, 1.82) is 0 Å². The molecule has 182 valence electrons. The highest BCUT2D eigenvalue weighted by atomic mass is 32.2. The lowest BCUT2D eigenvalue weighted by atomic mass is 10.1. The number of aryl methyl sites for hydroxylation is 3. The second-order valence-electron chi connectivity index (χ2n) is 8.16. The molecule has 1 atom stereocenters. The molecule has 8 heteroatoms. The summed E-state index contributed by atoms with van der Waals surface area (Å²) in [4.78, 5) is 12.9. The van der Waals surface area contributed by atoms with Crippen LogP contribution in [0.2, 0.25) is 0 Å². The van der Waals surface area contributed by atoms with E-state index in [1.165, 1.54) is 15.6 Å². The van der Waals surface area contributed by atoms with Crippen molar-refractivity contribution in [3.8, 4) is 5.75 Å². The van der Waals surface area contributed by atoms with Gasteiger partial charge >= 0.3 is 5.97 Å². The Hall–Kier alpha value is -2.13. The van der Waals surface area contributed by atoms with Gasteiger partial charge in [-0.3, -0.25) is 0 Å². The van der Waals surface area contributed by atoms with Gasteiger partial charge in [0.2, 0.25) is 4.21 Å². The molecule has 2 aromatic carbocycles. The fraction of sp³-hybridized carbons (Fsp3) is 0.346. The number of rotatable bonds is 11. The van der Waals surface area contributed by atoms with Crippen LogP contribution in [-0.4, -0.2) is 35.1 Å². The number of allylic oxidation sites excluding steroid dienone is 1. The van der Waals surface area contributed by atoms with Crippen molar-refractivity contribution in [2.75, 3.05) is 19.7 Å². The smallest absolute Gasteiger partial charge is 0.341 e. The van der Waals surface area contributed by atoms with Crippen LogP contribution < -0.4 is 4.74 Å². The molecule has 0 aliphatic rings. The lowest BCUT2D eigenvalue weighted by Crippen LogP contribution is -2.28. The Kier molecular flexibility index (Phi) is 9.36. The number of aliphatic carboxylic acids is 1. The van der Waals surface area contributed by atoms with Crippen molar-refractivity contribution >= 4 is 50.1 Å². The minimum atomic E-state index is -1.69. The van der Waals surface area contributed by atoms with Gasteiger partial charge in [-0.2, -0.15) is 0 Å². The van der Waals surface area contributed by atoms with Gasteiger partial charge in [0.1, 0.15) is 5.75 Å². The van der Waals surface area contributed by atoms with E-state index in [4.69, 9.17) is 9.84 Å². The molecule has 1 aromatic heterocycles. The Morgan fingerprint density at radius 1 is 1.21 bits per heavy atom. The van der Waals surface area contributed by atoms with Gasteiger partial charge < -0.3 is 9.84 Å². The maximum Gasteiger partial charge on any atom is 0.341 e. The third-order valence-electron chi connectivity index (χ3n) is 5.39. The first-order chi connectivity index (χ1) is 16.2. The van der Waals surface area contributed by atoms with E-state index in [2.05, 4.69) is 49.4 Å². The summed E-state index contributed by atoms with van der Waals surface area (Å²) in [6, 6.07) is 12.1. The SMILES string of the molecule is CC=C(CN(CCC)[SH+](=O)c1sc2ccc(C)cc2c1C)Sc1ccc(OCC(=O)O)c(C)c1. The third-order valence-corrected chi connectivity index (χ3v) is 9.86. The van der Waals surface area contributed by atoms with Crippen molar-refractivity contribution in [1.82, 2.24) is 4.31 Å². The summed E-state index contributed by atoms with van der Waals surface area (Å²) in [5.74, 6) is -0.428. The number of nitrogens with zero attached hydrogens (tertiary/aromatic N) is 1. The van der Waals surface area contributed by atoms with Gasteiger partial charge in [-0.1, -0.05) is 58.0 Å². The number of carboxylic acids is 1. The minimum Gasteiger partial charge on any atom is -0.482 e. The van der Waals surface area contributed by atoms with Gasteiger partial charge in [-0.25, -0.2) is 4.79 Å². The van der Waals surface area contributed by atoms with E-state index in [9.17, 15) is 9.00 Å². The lowest BCUT2D eigenvalue weighted by Gasteiger charge is -2.17. The molecule has 3 aromatic rings. The van der Waals surface area contributed by atoms with Crippen LogP contribution in [0.1, 0.15) is 37.0 Å². The molecule has 0 saturated carbocycles. The molecule has 0 amide bonds. The van der Waals surface area contributed by atoms with Crippen LogP contribution in [0.5, 0.6) is 5.75 Å². The predicted octanol–water partition coefficient (Wildman–Crippen LogP) is 6.67. The van der Waals surface area contributed by atoms with E-state index >= 15 is 0 Å². The van der Waals surface area contributed by atoms with Gasteiger partial charge in [0.15, 0.2) is 17.6 Å². The molecule has 0 aliphatic heterocycles.